The summed E-state index contributed by atoms with van der Waals surface area (Å²) in [5.41, 5.74) is 1.17. The van der Waals surface area contributed by atoms with Crippen molar-refractivity contribution in [1.29, 1.82) is 0 Å². The molecule has 1 fully saturated rings. The van der Waals surface area contributed by atoms with E-state index in [2.05, 4.69) is 5.32 Å². The summed E-state index contributed by atoms with van der Waals surface area (Å²) < 4.78 is 5.02. The number of Topliss-reactive ketones (excluding diaryl/α,β-unsaturated/α-hetero) is 1. The number of halogens is 1. The Labute approximate surface area is 191 Å². The molecule has 0 unspecified atom stereocenters. The summed E-state index contributed by atoms with van der Waals surface area (Å²) in [6.07, 6.45) is -0.119. The van der Waals surface area contributed by atoms with Crippen molar-refractivity contribution >= 4 is 41.0 Å². The highest BCUT2D eigenvalue weighted by Crippen LogP contribution is 2.12. The molecule has 0 aromatic heterocycles. The number of benzene rings is 2. The second-order valence-corrected chi connectivity index (χ2v) is 7.69. The van der Waals surface area contributed by atoms with Gasteiger partial charge in [-0.05, 0) is 36.4 Å². The summed E-state index contributed by atoms with van der Waals surface area (Å²) in [6.45, 7) is 1.09. The maximum Gasteiger partial charge on any atom is 0.321 e. The first kappa shape index (κ1) is 23.3. The third-order valence-corrected chi connectivity index (χ3v) is 5.28. The molecule has 1 aliphatic heterocycles. The van der Waals surface area contributed by atoms with Crippen LogP contribution in [0.4, 0.5) is 10.5 Å². The molecule has 1 saturated heterocycles. The normalized spacial score (nSPS) is 13.4. The van der Waals surface area contributed by atoms with Crippen molar-refractivity contribution in [3.05, 3.63) is 65.2 Å². The molecule has 8 nitrogen and oxygen atoms in total. The van der Waals surface area contributed by atoms with Crippen molar-refractivity contribution in [1.82, 2.24) is 9.80 Å². The molecule has 3 rings (SSSR count). The number of piperazine rings is 1. The van der Waals surface area contributed by atoms with Gasteiger partial charge in [0.15, 0.2) is 12.4 Å². The topological polar surface area (TPSA) is 96.0 Å². The van der Waals surface area contributed by atoms with Crippen LogP contribution >= 0.6 is 11.6 Å². The van der Waals surface area contributed by atoms with Crippen LogP contribution in [0, 0.1) is 0 Å². The molecular weight excluding hydrogens is 434 g/mol. The molecule has 1 N–H and O–H groups in total. The van der Waals surface area contributed by atoms with Crippen LogP contribution < -0.4 is 5.32 Å². The van der Waals surface area contributed by atoms with E-state index in [0.717, 1.165) is 0 Å². The highest BCUT2D eigenvalue weighted by atomic mass is 35.5. The first-order chi connectivity index (χ1) is 15.4. The summed E-state index contributed by atoms with van der Waals surface area (Å²) in [4.78, 5) is 51.8. The fraction of sp³-hybridized carbons (Fsp3) is 0.304. The largest absolute Gasteiger partial charge is 0.456 e. The lowest BCUT2D eigenvalue weighted by Gasteiger charge is -2.34. The van der Waals surface area contributed by atoms with Gasteiger partial charge in [0.2, 0.25) is 0 Å². The van der Waals surface area contributed by atoms with E-state index in [-0.39, 0.29) is 37.2 Å². The fourth-order valence-electron chi connectivity index (χ4n) is 3.18. The van der Waals surface area contributed by atoms with Gasteiger partial charge in [-0.3, -0.25) is 14.4 Å². The number of nitrogens with one attached hydrogen (secondary N) is 1. The van der Waals surface area contributed by atoms with Crippen molar-refractivity contribution in [2.45, 2.75) is 12.8 Å². The predicted octanol–water partition coefficient (Wildman–Crippen LogP) is 3.22. The average molecular weight is 458 g/mol. The highest BCUT2D eigenvalue weighted by molar-refractivity contribution is 6.30. The third-order valence-electron chi connectivity index (χ3n) is 5.02. The number of rotatable bonds is 7. The molecule has 9 heteroatoms. The summed E-state index contributed by atoms with van der Waals surface area (Å²) in [5, 5.41) is 3.34. The van der Waals surface area contributed by atoms with E-state index in [4.69, 9.17) is 16.3 Å². The number of ether oxygens (including phenoxy) is 1. The van der Waals surface area contributed by atoms with Crippen LogP contribution in [0.1, 0.15) is 23.2 Å². The van der Waals surface area contributed by atoms with Crippen LogP contribution in [0.3, 0.4) is 0 Å². The molecule has 1 heterocycles. The van der Waals surface area contributed by atoms with Gasteiger partial charge in [0.25, 0.3) is 5.91 Å². The number of nitrogens with zero attached hydrogens (tertiary/aromatic N) is 2. The minimum atomic E-state index is -0.610. The smallest absolute Gasteiger partial charge is 0.321 e. The minimum Gasteiger partial charge on any atom is -0.456 e. The van der Waals surface area contributed by atoms with E-state index in [1.54, 1.807) is 46.2 Å². The zero-order valence-corrected chi connectivity index (χ0v) is 18.2. The number of esters is 1. The lowest BCUT2D eigenvalue weighted by Crippen LogP contribution is -2.52. The van der Waals surface area contributed by atoms with Crippen LogP contribution in [-0.2, 0) is 14.3 Å². The van der Waals surface area contributed by atoms with E-state index in [9.17, 15) is 19.2 Å². The summed E-state index contributed by atoms with van der Waals surface area (Å²) in [6, 6.07) is 15.3. The Morgan fingerprint density at radius 2 is 1.47 bits per heavy atom. The SMILES string of the molecule is O=C(CCC(=O)c1ccc(Cl)cc1)OCC(=O)N1CCN(C(=O)Nc2ccccc2)CC1. The van der Waals surface area contributed by atoms with Crippen molar-refractivity contribution in [2.75, 3.05) is 38.1 Å². The number of carbonyl (C=O) groups is 4. The van der Waals surface area contributed by atoms with Crippen molar-refractivity contribution in [2.24, 2.45) is 0 Å². The zero-order valence-electron chi connectivity index (χ0n) is 17.5. The average Bonchev–Trinajstić information content (AvgIpc) is 2.82. The van der Waals surface area contributed by atoms with Crippen LogP contribution in [-0.4, -0.2) is 66.3 Å². The zero-order chi connectivity index (χ0) is 22.9. The molecule has 2 aromatic rings. The first-order valence-electron chi connectivity index (χ1n) is 10.3. The number of hydrogen-bond donors (Lipinski definition) is 1. The van der Waals surface area contributed by atoms with Crippen LogP contribution in [0.2, 0.25) is 5.02 Å². The Bertz CT molecular complexity index is 957. The molecular formula is C23H24ClN3O5. The number of hydrogen-bond acceptors (Lipinski definition) is 5. The number of ketones is 1. The predicted molar refractivity (Wildman–Crippen MR) is 120 cm³/mol. The van der Waals surface area contributed by atoms with Crippen molar-refractivity contribution in [3.63, 3.8) is 0 Å². The number of amides is 3. The molecule has 1 aliphatic rings. The Morgan fingerprint density at radius 1 is 0.844 bits per heavy atom. The second-order valence-electron chi connectivity index (χ2n) is 7.25. The molecule has 0 bridgehead atoms. The van der Waals surface area contributed by atoms with Crippen molar-refractivity contribution < 1.29 is 23.9 Å². The fourth-order valence-corrected chi connectivity index (χ4v) is 3.31. The van der Waals surface area contributed by atoms with E-state index in [1.807, 2.05) is 18.2 Å². The van der Waals surface area contributed by atoms with Gasteiger partial charge >= 0.3 is 12.0 Å². The van der Waals surface area contributed by atoms with Crippen LogP contribution in [0.5, 0.6) is 0 Å². The lowest BCUT2D eigenvalue weighted by molar-refractivity contribution is -0.152. The number of urea groups is 1. The minimum absolute atomic E-state index is 0.0101. The van der Waals surface area contributed by atoms with Gasteiger partial charge in [0.1, 0.15) is 0 Å². The molecule has 0 radical (unpaired) electrons. The van der Waals surface area contributed by atoms with E-state index >= 15 is 0 Å². The number of para-hydroxylation sites is 1. The van der Waals surface area contributed by atoms with E-state index in [1.165, 1.54) is 0 Å². The summed E-state index contributed by atoms with van der Waals surface area (Å²) in [5.74, 6) is -1.14. The quantitative estimate of drug-likeness (QED) is 0.508. The number of carbonyl (C=O) groups excluding carboxylic acids is 4. The number of anilines is 1. The van der Waals surface area contributed by atoms with Crippen molar-refractivity contribution in [3.8, 4) is 0 Å². The first-order valence-corrected chi connectivity index (χ1v) is 10.6. The van der Waals surface area contributed by atoms with E-state index in [0.29, 0.717) is 42.5 Å². The van der Waals surface area contributed by atoms with Gasteiger partial charge in [0, 0.05) is 48.9 Å². The molecule has 2 aromatic carbocycles. The summed E-state index contributed by atoms with van der Waals surface area (Å²) in [7, 11) is 0. The van der Waals surface area contributed by atoms with Gasteiger partial charge in [0.05, 0.1) is 6.42 Å². The Kier molecular flexibility index (Phi) is 8.21. The standard InChI is InChI=1S/C23H24ClN3O5/c24-18-8-6-17(7-9-18)20(28)10-11-22(30)32-16-21(29)26-12-14-27(15-13-26)23(31)25-19-4-2-1-3-5-19/h1-9H,10-16H2,(H,25,31). The third kappa shape index (κ3) is 6.81. The molecule has 0 aliphatic carbocycles. The second kappa shape index (κ2) is 11.3. The van der Waals surface area contributed by atoms with Gasteiger partial charge < -0.3 is 19.9 Å². The molecule has 0 atom stereocenters. The van der Waals surface area contributed by atoms with Gasteiger partial charge in [-0.2, -0.15) is 0 Å². The molecule has 3 amide bonds. The van der Waals surface area contributed by atoms with E-state index < -0.39 is 5.97 Å². The molecule has 168 valence electrons. The monoisotopic (exact) mass is 457 g/mol. The maximum absolute atomic E-state index is 12.3. The Balaban J connectivity index is 1.34. The van der Waals surface area contributed by atoms with Gasteiger partial charge in [-0.25, -0.2) is 4.79 Å². The molecule has 0 spiro atoms. The maximum atomic E-state index is 12.3. The highest BCUT2D eigenvalue weighted by Gasteiger charge is 2.25. The molecule has 32 heavy (non-hydrogen) atoms. The van der Waals surface area contributed by atoms with Gasteiger partial charge in [-0.1, -0.05) is 29.8 Å². The molecule has 0 saturated carbocycles. The summed E-state index contributed by atoms with van der Waals surface area (Å²) >= 11 is 5.79. The van der Waals surface area contributed by atoms with Gasteiger partial charge in [-0.15, -0.1) is 0 Å². The lowest BCUT2D eigenvalue weighted by atomic mass is 10.1. The van der Waals surface area contributed by atoms with Crippen LogP contribution in [0.15, 0.2) is 54.6 Å². The van der Waals surface area contributed by atoms with Crippen LogP contribution in [0.25, 0.3) is 0 Å². The Hall–Kier alpha value is -3.39. The Morgan fingerprint density at radius 3 is 2.12 bits per heavy atom.